The first-order chi connectivity index (χ1) is 7.70. The lowest BCUT2D eigenvalue weighted by atomic mass is 9.86. The lowest BCUT2D eigenvalue weighted by molar-refractivity contribution is 0.428. The molecule has 1 aliphatic carbocycles. The number of hydrogen-bond acceptors (Lipinski definition) is 4. The zero-order valence-corrected chi connectivity index (χ0v) is 10.1. The van der Waals surface area contributed by atoms with Crippen LogP contribution in [-0.4, -0.2) is 16.0 Å². The highest BCUT2D eigenvalue weighted by atomic mass is 32.1. The number of hydrogen-bond donors (Lipinski definition) is 1. The molecule has 0 radical (unpaired) electrons. The quantitative estimate of drug-likeness (QED) is 0.823. The Morgan fingerprint density at radius 2 is 2.44 bits per heavy atom. The molecule has 0 amide bonds. The molecule has 2 heterocycles. The van der Waals surface area contributed by atoms with Crippen molar-refractivity contribution in [1.29, 1.82) is 0 Å². The van der Waals surface area contributed by atoms with Crippen molar-refractivity contribution >= 4 is 21.7 Å². The van der Waals surface area contributed by atoms with Gasteiger partial charge in [-0.1, -0.05) is 24.7 Å². The average Bonchev–Trinajstić information content (AvgIpc) is 2.84. The number of nitrogens with zero attached hydrogens (tertiary/aromatic N) is 2. The van der Waals surface area contributed by atoms with Gasteiger partial charge in [-0.15, -0.1) is 0 Å². The van der Waals surface area contributed by atoms with Crippen LogP contribution in [0.2, 0.25) is 0 Å². The molecule has 4 heteroatoms. The van der Waals surface area contributed by atoms with Gasteiger partial charge in [-0.25, -0.2) is 9.97 Å². The van der Waals surface area contributed by atoms with Crippen LogP contribution in [0.15, 0.2) is 18.3 Å². The van der Waals surface area contributed by atoms with E-state index in [9.17, 15) is 0 Å². The molecule has 2 aromatic rings. The first-order valence-corrected chi connectivity index (χ1v) is 6.49. The fourth-order valence-corrected chi connectivity index (χ4v) is 3.62. The minimum atomic E-state index is 0.0609. The summed E-state index contributed by atoms with van der Waals surface area (Å²) in [5.41, 5.74) is 7.28. The van der Waals surface area contributed by atoms with Crippen LogP contribution in [0.25, 0.3) is 10.3 Å². The molecule has 16 heavy (non-hydrogen) atoms. The van der Waals surface area contributed by atoms with Crippen molar-refractivity contribution in [3.63, 3.8) is 0 Å². The maximum atomic E-state index is 6.21. The Morgan fingerprint density at radius 3 is 3.12 bits per heavy atom. The molecule has 2 atom stereocenters. The molecule has 84 valence electrons. The highest BCUT2D eigenvalue weighted by Crippen LogP contribution is 2.42. The molecule has 2 N–H and O–H groups in total. The lowest BCUT2D eigenvalue weighted by Crippen LogP contribution is -2.38. The largest absolute Gasteiger partial charge is 0.327 e. The van der Waals surface area contributed by atoms with Crippen molar-refractivity contribution in [1.82, 2.24) is 9.97 Å². The second kappa shape index (κ2) is 3.50. The van der Waals surface area contributed by atoms with E-state index in [0.717, 1.165) is 28.2 Å². The summed E-state index contributed by atoms with van der Waals surface area (Å²) in [6.45, 7) is 2.24. The van der Waals surface area contributed by atoms with Gasteiger partial charge in [0.25, 0.3) is 0 Å². The van der Waals surface area contributed by atoms with E-state index in [0.29, 0.717) is 0 Å². The van der Waals surface area contributed by atoms with Gasteiger partial charge in [0.1, 0.15) is 15.4 Å². The smallest absolute Gasteiger partial charge is 0.143 e. The van der Waals surface area contributed by atoms with Crippen LogP contribution in [0.4, 0.5) is 0 Å². The third-order valence-corrected chi connectivity index (χ3v) is 4.94. The van der Waals surface area contributed by atoms with Gasteiger partial charge in [0.15, 0.2) is 0 Å². The van der Waals surface area contributed by atoms with E-state index in [2.05, 4.69) is 11.9 Å². The second-order valence-corrected chi connectivity index (χ2v) is 5.74. The van der Waals surface area contributed by atoms with Gasteiger partial charge in [-0.2, -0.15) is 0 Å². The molecular weight excluding hydrogens is 218 g/mol. The summed E-state index contributed by atoms with van der Waals surface area (Å²) in [5.74, 6) is 0. The Balaban J connectivity index is 2.12. The summed E-state index contributed by atoms with van der Waals surface area (Å²) in [6, 6.07) is 4.20. The predicted molar refractivity (Wildman–Crippen MR) is 66.6 cm³/mol. The maximum Gasteiger partial charge on any atom is 0.143 e. The molecule has 1 fully saturated rings. The molecule has 3 nitrogen and oxygen atoms in total. The molecule has 0 aromatic carbocycles. The van der Waals surface area contributed by atoms with Crippen molar-refractivity contribution < 1.29 is 0 Å². The summed E-state index contributed by atoms with van der Waals surface area (Å²) in [4.78, 5) is 10.1. The van der Waals surface area contributed by atoms with Crippen LogP contribution >= 0.6 is 11.3 Å². The summed E-state index contributed by atoms with van der Waals surface area (Å²) in [6.07, 6.45) is 5.29. The standard InChI is InChI=1S/C12H15N3S/c1-12(6-2-5-9(12)13)11-15-8-4-3-7-14-10(8)16-11/h3-4,7,9H,2,5-6,13H2,1H3. The highest BCUT2D eigenvalue weighted by Gasteiger charge is 2.40. The van der Waals surface area contributed by atoms with Gasteiger partial charge in [0.2, 0.25) is 0 Å². The van der Waals surface area contributed by atoms with Crippen molar-refractivity contribution in [3.8, 4) is 0 Å². The molecule has 0 saturated heterocycles. The Kier molecular flexibility index (Phi) is 2.23. The first kappa shape index (κ1) is 10.2. The first-order valence-electron chi connectivity index (χ1n) is 5.68. The van der Waals surface area contributed by atoms with E-state index in [1.807, 2.05) is 18.3 Å². The molecule has 3 rings (SSSR count). The number of aromatic nitrogens is 2. The van der Waals surface area contributed by atoms with Crippen LogP contribution < -0.4 is 5.73 Å². The SMILES string of the molecule is CC1(c2nc3cccnc3s2)CCCC1N. The molecule has 0 spiro atoms. The van der Waals surface area contributed by atoms with Gasteiger partial charge < -0.3 is 5.73 Å². The summed E-state index contributed by atoms with van der Waals surface area (Å²) in [5, 5.41) is 1.16. The van der Waals surface area contributed by atoms with Crippen LogP contribution in [0, 0.1) is 0 Å². The van der Waals surface area contributed by atoms with Gasteiger partial charge >= 0.3 is 0 Å². The Morgan fingerprint density at radius 1 is 1.56 bits per heavy atom. The third kappa shape index (κ3) is 1.37. The van der Waals surface area contributed by atoms with Gasteiger partial charge in [0.05, 0.1) is 0 Å². The minimum absolute atomic E-state index is 0.0609. The molecule has 1 saturated carbocycles. The molecule has 0 bridgehead atoms. The van der Waals surface area contributed by atoms with Crippen molar-refractivity contribution in [2.45, 2.75) is 37.6 Å². The topological polar surface area (TPSA) is 51.8 Å². The summed E-state index contributed by atoms with van der Waals surface area (Å²) >= 11 is 1.69. The zero-order chi connectivity index (χ0) is 11.2. The second-order valence-electron chi connectivity index (χ2n) is 4.76. The van der Waals surface area contributed by atoms with Crippen molar-refractivity contribution in [3.05, 3.63) is 23.3 Å². The number of pyridine rings is 1. The minimum Gasteiger partial charge on any atom is -0.327 e. The Labute approximate surface area is 98.7 Å². The third-order valence-electron chi connectivity index (χ3n) is 3.68. The van der Waals surface area contributed by atoms with E-state index in [4.69, 9.17) is 10.7 Å². The fourth-order valence-electron chi connectivity index (χ4n) is 2.47. The number of rotatable bonds is 1. The average molecular weight is 233 g/mol. The summed E-state index contributed by atoms with van der Waals surface area (Å²) < 4.78 is 0. The molecular formula is C12H15N3S. The van der Waals surface area contributed by atoms with Gasteiger partial charge in [-0.05, 0) is 25.0 Å². The molecule has 2 aromatic heterocycles. The van der Waals surface area contributed by atoms with Crippen LogP contribution in [0.5, 0.6) is 0 Å². The van der Waals surface area contributed by atoms with Gasteiger partial charge in [-0.3, -0.25) is 0 Å². The normalized spacial score (nSPS) is 30.0. The van der Waals surface area contributed by atoms with E-state index in [-0.39, 0.29) is 11.5 Å². The summed E-state index contributed by atoms with van der Waals surface area (Å²) in [7, 11) is 0. The molecule has 2 unspecified atom stereocenters. The molecule has 0 aliphatic heterocycles. The van der Waals surface area contributed by atoms with Crippen LogP contribution in [0.1, 0.15) is 31.2 Å². The van der Waals surface area contributed by atoms with E-state index >= 15 is 0 Å². The van der Waals surface area contributed by atoms with E-state index in [1.165, 1.54) is 6.42 Å². The number of fused-ring (bicyclic) bond motifs is 1. The van der Waals surface area contributed by atoms with Crippen molar-refractivity contribution in [2.75, 3.05) is 0 Å². The Hall–Kier alpha value is -1.00. The Bertz CT molecular complexity index is 489. The predicted octanol–water partition coefficient (Wildman–Crippen LogP) is 2.46. The van der Waals surface area contributed by atoms with Gasteiger partial charge in [0, 0.05) is 17.7 Å². The number of nitrogens with two attached hydrogens (primary N) is 1. The fraction of sp³-hybridized carbons (Fsp3) is 0.500. The van der Waals surface area contributed by atoms with Crippen LogP contribution in [-0.2, 0) is 5.41 Å². The zero-order valence-electron chi connectivity index (χ0n) is 9.31. The monoisotopic (exact) mass is 233 g/mol. The van der Waals surface area contributed by atoms with E-state index < -0.39 is 0 Å². The van der Waals surface area contributed by atoms with E-state index in [1.54, 1.807) is 11.3 Å². The van der Waals surface area contributed by atoms with Crippen LogP contribution in [0.3, 0.4) is 0 Å². The van der Waals surface area contributed by atoms with Crippen molar-refractivity contribution in [2.24, 2.45) is 5.73 Å². The maximum absolute atomic E-state index is 6.21. The molecule has 1 aliphatic rings. The number of thiazole rings is 1. The highest BCUT2D eigenvalue weighted by molar-refractivity contribution is 7.18. The lowest BCUT2D eigenvalue weighted by Gasteiger charge is -2.26.